The van der Waals surface area contributed by atoms with Crippen molar-refractivity contribution in [2.75, 3.05) is 0 Å². The lowest BCUT2D eigenvalue weighted by molar-refractivity contribution is 0.259. The van der Waals surface area contributed by atoms with E-state index in [9.17, 15) is 5.11 Å². The lowest BCUT2D eigenvalue weighted by Crippen LogP contribution is -2.11. The molecule has 1 heteroatoms. The van der Waals surface area contributed by atoms with E-state index in [0.717, 1.165) is 5.57 Å². The fourth-order valence-electron chi connectivity index (χ4n) is 2.13. The molecule has 0 bridgehead atoms. The molecule has 0 aromatic rings. The molecule has 0 amide bonds. The molecule has 0 radical (unpaired) electrons. The van der Waals surface area contributed by atoms with Crippen LogP contribution >= 0.6 is 0 Å². The number of rotatable bonds is 0. The van der Waals surface area contributed by atoms with Crippen LogP contribution in [0, 0.1) is 0 Å². The number of aliphatic hydroxyl groups is 1. The molecule has 2 aliphatic carbocycles. The largest absolute Gasteiger partial charge is 0.384 e. The Morgan fingerprint density at radius 1 is 1.08 bits per heavy atom. The van der Waals surface area contributed by atoms with Crippen molar-refractivity contribution in [3.05, 3.63) is 35.5 Å². The monoisotopic (exact) mass is 176 g/mol. The molecule has 1 nitrogen and oxygen atoms in total. The molecule has 0 heterocycles. The van der Waals surface area contributed by atoms with Crippen LogP contribution < -0.4 is 0 Å². The summed E-state index contributed by atoms with van der Waals surface area (Å²) < 4.78 is 0. The minimum atomic E-state index is -0.349. The first-order valence-corrected chi connectivity index (χ1v) is 5.13. The van der Waals surface area contributed by atoms with E-state index in [4.69, 9.17) is 0 Å². The number of aliphatic hydroxyl groups excluding tert-OH is 1. The van der Waals surface area contributed by atoms with Crippen LogP contribution in [0.2, 0.25) is 0 Å². The third-order valence-corrected chi connectivity index (χ3v) is 2.86. The Bertz CT molecular complexity index is 263. The van der Waals surface area contributed by atoms with E-state index in [0.29, 0.717) is 0 Å². The highest BCUT2D eigenvalue weighted by atomic mass is 16.3. The highest BCUT2D eigenvalue weighted by Crippen LogP contribution is 2.29. The summed E-state index contributed by atoms with van der Waals surface area (Å²) in [7, 11) is 0. The Morgan fingerprint density at radius 2 is 1.85 bits per heavy atom. The predicted molar refractivity (Wildman–Crippen MR) is 54.4 cm³/mol. The van der Waals surface area contributed by atoms with Crippen molar-refractivity contribution in [1.29, 1.82) is 0 Å². The number of hydrogen-bond donors (Lipinski definition) is 1. The third-order valence-electron chi connectivity index (χ3n) is 2.86. The summed E-state index contributed by atoms with van der Waals surface area (Å²) in [5.41, 5.74) is 2.63. The van der Waals surface area contributed by atoms with Crippen molar-refractivity contribution < 1.29 is 5.11 Å². The minimum absolute atomic E-state index is 0.349. The van der Waals surface area contributed by atoms with Gasteiger partial charge in [-0.1, -0.05) is 36.3 Å². The molecule has 2 aliphatic rings. The fourth-order valence-corrected chi connectivity index (χ4v) is 2.13. The molecule has 70 valence electrons. The van der Waals surface area contributed by atoms with Gasteiger partial charge in [-0.15, -0.1) is 0 Å². The molecule has 1 fully saturated rings. The van der Waals surface area contributed by atoms with E-state index in [2.05, 4.69) is 6.08 Å². The van der Waals surface area contributed by atoms with Crippen LogP contribution in [0.3, 0.4) is 0 Å². The van der Waals surface area contributed by atoms with Crippen LogP contribution in [-0.2, 0) is 0 Å². The molecule has 1 N–H and O–H groups in total. The second-order valence-corrected chi connectivity index (χ2v) is 3.81. The summed E-state index contributed by atoms with van der Waals surface area (Å²) in [5.74, 6) is 0. The Morgan fingerprint density at radius 3 is 2.54 bits per heavy atom. The standard InChI is InChI=1S/C12H16O/c13-12-9-5-4-8-11(12)10-6-2-1-3-7-10/h4-5,8-9,12-13H,1-3,6-7H2. The summed E-state index contributed by atoms with van der Waals surface area (Å²) in [4.78, 5) is 0. The van der Waals surface area contributed by atoms with Crippen LogP contribution in [0.25, 0.3) is 0 Å². The van der Waals surface area contributed by atoms with Crippen LogP contribution in [0.15, 0.2) is 35.5 Å². The predicted octanol–water partition coefficient (Wildman–Crippen LogP) is 2.73. The molecule has 0 aliphatic heterocycles. The second kappa shape index (κ2) is 3.93. The van der Waals surface area contributed by atoms with Crippen molar-refractivity contribution in [3.8, 4) is 0 Å². The number of allylic oxidation sites excluding steroid dienone is 3. The van der Waals surface area contributed by atoms with Gasteiger partial charge in [0.15, 0.2) is 0 Å². The summed E-state index contributed by atoms with van der Waals surface area (Å²) in [6, 6.07) is 0. The third kappa shape index (κ3) is 1.92. The van der Waals surface area contributed by atoms with Gasteiger partial charge in [-0.05, 0) is 31.3 Å². The van der Waals surface area contributed by atoms with Gasteiger partial charge < -0.3 is 5.11 Å². The Kier molecular flexibility index (Phi) is 2.65. The molecule has 0 aromatic heterocycles. The van der Waals surface area contributed by atoms with Crippen molar-refractivity contribution in [3.63, 3.8) is 0 Å². The SMILES string of the molecule is OC1C=CC=CC1=C1CCCCC1. The maximum atomic E-state index is 9.73. The zero-order chi connectivity index (χ0) is 9.10. The first kappa shape index (κ1) is 8.76. The molecule has 2 rings (SSSR count). The fraction of sp³-hybridized carbons (Fsp3) is 0.500. The average molecular weight is 176 g/mol. The molecular formula is C12H16O. The highest BCUT2D eigenvalue weighted by Gasteiger charge is 2.14. The number of hydrogen-bond acceptors (Lipinski definition) is 1. The average Bonchev–Trinajstić information content (AvgIpc) is 2.20. The maximum absolute atomic E-state index is 9.73. The van der Waals surface area contributed by atoms with Gasteiger partial charge >= 0.3 is 0 Å². The normalized spacial score (nSPS) is 28.2. The van der Waals surface area contributed by atoms with Crippen LogP contribution in [0.4, 0.5) is 0 Å². The van der Waals surface area contributed by atoms with E-state index in [-0.39, 0.29) is 6.10 Å². The van der Waals surface area contributed by atoms with Crippen molar-refractivity contribution in [2.45, 2.75) is 38.2 Å². The summed E-state index contributed by atoms with van der Waals surface area (Å²) in [6.45, 7) is 0. The minimum Gasteiger partial charge on any atom is -0.384 e. The molecule has 0 saturated heterocycles. The van der Waals surface area contributed by atoms with Gasteiger partial charge in [0, 0.05) is 0 Å². The second-order valence-electron chi connectivity index (χ2n) is 3.81. The van der Waals surface area contributed by atoms with Gasteiger partial charge in [-0.25, -0.2) is 0 Å². The van der Waals surface area contributed by atoms with E-state index in [1.807, 2.05) is 18.2 Å². The van der Waals surface area contributed by atoms with Gasteiger partial charge in [-0.3, -0.25) is 0 Å². The smallest absolute Gasteiger partial charge is 0.0974 e. The van der Waals surface area contributed by atoms with Crippen LogP contribution in [-0.4, -0.2) is 11.2 Å². The highest BCUT2D eigenvalue weighted by molar-refractivity contribution is 5.38. The lowest BCUT2D eigenvalue weighted by Gasteiger charge is -2.20. The van der Waals surface area contributed by atoms with Gasteiger partial charge in [0.25, 0.3) is 0 Å². The van der Waals surface area contributed by atoms with Crippen molar-refractivity contribution in [2.24, 2.45) is 0 Å². The maximum Gasteiger partial charge on any atom is 0.0974 e. The van der Waals surface area contributed by atoms with Gasteiger partial charge in [0.2, 0.25) is 0 Å². The molecule has 1 atom stereocenters. The summed E-state index contributed by atoms with van der Waals surface area (Å²) in [5, 5.41) is 9.73. The van der Waals surface area contributed by atoms with E-state index < -0.39 is 0 Å². The molecule has 0 aromatic carbocycles. The van der Waals surface area contributed by atoms with E-state index in [1.165, 1.54) is 37.7 Å². The van der Waals surface area contributed by atoms with Gasteiger partial charge in [0.05, 0.1) is 6.10 Å². The summed E-state index contributed by atoms with van der Waals surface area (Å²) in [6.07, 6.45) is 13.8. The van der Waals surface area contributed by atoms with E-state index >= 15 is 0 Å². The first-order valence-electron chi connectivity index (χ1n) is 5.13. The zero-order valence-electron chi connectivity index (χ0n) is 7.87. The topological polar surface area (TPSA) is 20.2 Å². The Hall–Kier alpha value is -0.820. The van der Waals surface area contributed by atoms with Crippen molar-refractivity contribution >= 4 is 0 Å². The zero-order valence-corrected chi connectivity index (χ0v) is 7.87. The molecule has 13 heavy (non-hydrogen) atoms. The van der Waals surface area contributed by atoms with Crippen molar-refractivity contribution in [1.82, 2.24) is 0 Å². The molecular weight excluding hydrogens is 160 g/mol. The first-order chi connectivity index (χ1) is 6.38. The van der Waals surface area contributed by atoms with Gasteiger partial charge in [0.1, 0.15) is 0 Å². The Balaban J connectivity index is 2.20. The Labute approximate surface area is 79.5 Å². The van der Waals surface area contributed by atoms with Crippen LogP contribution in [0.5, 0.6) is 0 Å². The molecule has 1 unspecified atom stereocenters. The molecule has 0 spiro atoms. The van der Waals surface area contributed by atoms with E-state index in [1.54, 1.807) is 0 Å². The van der Waals surface area contributed by atoms with Gasteiger partial charge in [-0.2, -0.15) is 0 Å². The summed E-state index contributed by atoms with van der Waals surface area (Å²) >= 11 is 0. The van der Waals surface area contributed by atoms with Crippen LogP contribution in [0.1, 0.15) is 32.1 Å². The quantitative estimate of drug-likeness (QED) is 0.601. The lowest BCUT2D eigenvalue weighted by atomic mass is 9.88. The molecule has 1 saturated carbocycles.